The molecule has 0 unspecified atom stereocenters. The first-order valence-corrected chi connectivity index (χ1v) is 5.23. The number of nitrogens with zero attached hydrogens (tertiary/aromatic N) is 2. The van der Waals surface area contributed by atoms with E-state index in [1.165, 1.54) is 0 Å². The molecule has 1 aromatic heterocycles. The molecule has 0 bridgehead atoms. The minimum atomic E-state index is -0.698. The molecule has 15 heavy (non-hydrogen) atoms. The highest BCUT2D eigenvalue weighted by Crippen LogP contribution is 2.29. The van der Waals surface area contributed by atoms with E-state index in [-0.39, 0.29) is 12.0 Å². The molecule has 2 atom stereocenters. The summed E-state index contributed by atoms with van der Waals surface area (Å²) in [5.41, 5.74) is 0. The van der Waals surface area contributed by atoms with E-state index in [1.807, 2.05) is 6.92 Å². The van der Waals surface area contributed by atoms with Crippen LogP contribution in [0.4, 0.5) is 5.95 Å². The molecule has 0 radical (unpaired) electrons. The van der Waals surface area contributed by atoms with Crippen LogP contribution in [0.25, 0.3) is 0 Å². The van der Waals surface area contributed by atoms with Gasteiger partial charge in [0.15, 0.2) is 0 Å². The van der Waals surface area contributed by atoms with Crippen molar-refractivity contribution < 1.29 is 9.90 Å². The van der Waals surface area contributed by atoms with Crippen LogP contribution >= 0.6 is 0 Å². The molecule has 0 saturated carbocycles. The topological polar surface area (TPSA) is 69.2 Å². The van der Waals surface area contributed by atoms with Crippen molar-refractivity contribution in [2.75, 3.05) is 11.4 Å². The second-order valence-electron chi connectivity index (χ2n) is 3.82. The summed E-state index contributed by atoms with van der Waals surface area (Å²) in [7, 11) is 0. The van der Waals surface area contributed by atoms with Gasteiger partial charge < -0.3 is 15.0 Å². The molecular formula is C10H15N3O2. The fraction of sp³-hybridized carbons (Fsp3) is 0.600. The Morgan fingerprint density at radius 3 is 3.13 bits per heavy atom. The minimum Gasteiger partial charge on any atom is -0.481 e. The van der Waals surface area contributed by atoms with Crippen LogP contribution in [0.1, 0.15) is 19.8 Å². The Kier molecular flexibility index (Phi) is 2.62. The lowest BCUT2D eigenvalue weighted by molar-refractivity contribution is -0.141. The van der Waals surface area contributed by atoms with Crippen LogP contribution in [0.5, 0.6) is 0 Å². The Morgan fingerprint density at radius 2 is 2.60 bits per heavy atom. The molecule has 0 aromatic carbocycles. The number of nitrogens with one attached hydrogen (secondary N) is 1. The summed E-state index contributed by atoms with van der Waals surface area (Å²) in [5, 5.41) is 9.07. The van der Waals surface area contributed by atoms with Crippen molar-refractivity contribution in [2.45, 2.75) is 25.8 Å². The lowest BCUT2D eigenvalue weighted by atomic mass is 9.99. The van der Waals surface area contributed by atoms with Crippen LogP contribution in [0.3, 0.4) is 0 Å². The number of carboxylic acid groups (broad SMARTS) is 1. The number of aromatic nitrogens is 2. The average molecular weight is 209 g/mol. The molecule has 1 fully saturated rings. The molecule has 0 spiro atoms. The smallest absolute Gasteiger partial charge is 0.308 e. The van der Waals surface area contributed by atoms with Crippen LogP contribution in [-0.2, 0) is 4.79 Å². The summed E-state index contributed by atoms with van der Waals surface area (Å²) >= 11 is 0. The first kappa shape index (κ1) is 10.0. The predicted molar refractivity (Wildman–Crippen MR) is 55.8 cm³/mol. The van der Waals surface area contributed by atoms with Gasteiger partial charge in [0.2, 0.25) is 5.95 Å². The second kappa shape index (κ2) is 3.92. The van der Waals surface area contributed by atoms with Crippen LogP contribution in [0, 0.1) is 5.92 Å². The van der Waals surface area contributed by atoms with Gasteiger partial charge in [-0.15, -0.1) is 0 Å². The van der Waals surface area contributed by atoms with E-state index < -0.39 is 5.97 Å². The van der Waals surface area contributed by atoms with Crippen LogP contribution in [-0.4, -0.2) is 33.6 Å². The Balaban J connectivity index is 2.18. The number of H-pyrrole nitrogens is 1. The van der Waals surface area contributed by atoms with Gasteiger partial charge in [0.1, 0.15) is 0 Å². The van der Waals surface area contributed by atoms with Crippen LogP contribution in [0.2, 0.25) is 0 Å². The highest BCUT2D eigenvalue weighted by Gasteiger charge is 2.38. The molecule has 82 valence electrons. The number of hydrogen-bond donors (Lipinski definition) is 2. The predicted octanol–water partition coefficient (Wildman–Crippen LogP) is 1.10. The summed E-state index contributed by atoms with van der Waals surface area (Å²) in [6.07, 6.45) is 4.98. The molecule has 1 aliphatic heterocycles. The summed E-state index contributed by atoms with van der Waals surface area (Å²) in [6.45, 7) is 2.78. The molecule has 0 aliphatic carbocycles. The fourth-order valence-corrected chi connectivity index (χ4v) is 2.32. The van der Waals surface area contributed by atoms with E-state index in [1.54, 1.807) is 12.4 Å². The Bertz CT molecular complexity index is 336. The fourth-order valence-electron chi connectivity index (χ4n) is 2.32. The highest BCUT2D eigenvalue weighted by atomic mass is 16.4. The zero-order valence-corrected chi connectivity index (χ0v) is 8.68. The third-order valence-electron chi connectivity index (χ3n) is 3.04. The Hall–Kier alpha value is -1.52. The third kappa shape index (κ3) is 1.69. The van der Waals surface area contributed by atoms with E-state index in [0.29, 0.717) is 6.42 Å². The SMILES string of the molecule is CC[C@@H]1[C@@H](C(=O)O)CCN1c1ncc[nH]1. The van der Waals surface area contributed by atoms with Crippen molar-refractivity contribution in [2.24, 2.45) is 5.92 Å². The first-order chi connectivity index (χ1) is 7.24. The van der Waals surface area contributed by atoms with Gasteiger partial charge >= 0.3 is 5.97 Å². The van der Waals surface area contributed by atoms with E-state index in [4.69, 9.17) is 5.11 Å². The molecule has 2 N–H and O–H groups in total. The van der Waals surface area contributed by atoms with Gasteiger partial charge in [0.25, 0.3) is 0 Å². The van der Waals surface area contributed by atoms with Gasteiger partial charge in [-0.2, -0.15) is 0 Å². The second-order valence-corrected chi connectivity index (χ2v) is 3.82. The quantitative estimate of drug-likeness (QED) is 0.782. The van der Waals surface area contributed by atoms with Crippen molar-refractivity contribution >= 4 is 11.9 Å². The maximum atomic E-state index is 11.0. The van der Waals surface area contributed by atoms with Crippen molar-refractivity contribution in [1.82, 2.24) is 9.97 Å². The van der Waals surface area contributed by atoms with E-state index >= 15 is 0 Å². The van der Waals surface area contributed by atoms with Gasteiger partial charge in [-0.05, 0) is 12.8 Å². The normalized spacial score (nSPS) is 25.8. The molecule has 1 aromatic rings. The molecule has 1 saturated heterocycles. The number of carboxylic acids is 1. The van der Waals surface area contributed by atoms with Gasteiger partial charge in [0, 0.05) is 25.0 Å². The van der Waals surface area contributed by atoms with Gasteiger partial charge in [-0.25, -0.2) is 4.98 Å². The molecule has 2 heterocycles. The van der Waals surface area contributed by atoms with Crippen LogP contribution in [0.15, 0.2) is 12.4 Å². The maximum absolute atomic E-state index is 11.0. The lowest BCUT2D eigenvalue weighted by Gasteiger charge is -2.24. The zero-order valence-electron chi connectivity index (χ0n) is 8.68. The average Bonchev–Trinajstić information content (AvgIpc) is 2.85. The molecule has 1 aliphatic rings. The zero-order chi connectivity index (χ0) is 10.8. The molecule has 5 nitrogen and oxygen atoms in total. The number of rotatable bonds is 3. The van der Waals surface area contributed by atoms with Crippen molar-refractivity contribution in [3.05, 3.63) is 12.4 Å². The van der Waals surface area contributed by atoms with E-state index in [9.17, 15) is 4.79 Å². The summed E-state index contributed by atoms with van der Waals surface area (Å²) in [6, 6.07) is 0.0636. The van der Waals surface area contributed by atoms with E-state index in [2.05, 4.69) is 14.9 Å². The van der Waals surface area contributed by atoms with Gasteiger partial charge in [-0.3, -0.25) is 4.79 Å². The molecular weight excluding hydrogens is 194 g/mol. The number of anilines is 1. The standard InChI is InChI=1S/C10H15N3O2/c1-2-8-7(9(14)15)3-6-13(8)10-11-4-5-12-10/h4-5,7-8H,2-3,6H2,1H3,(H,11,12)(H,14,15)/t7-,8+/m0/s1. The third-order valence-corrected chi connectivity index (χ3v) is 3.04. The largest absolute Gasteiger partial charge is 0.481 e. The Labute approximate surface area is 88.1 Å². The van der Waals surface area contributed by atoms with Gasteiger partial charge in [0.05, 0.1) is 5.92 Å². The molecule has 2 rings (SSSR count). The van der Waals surface area contributed by atoms with E-state index in [0.717, 1.165) is 18.9 Å². The number of hydrogen-bond acceptors (Lipinski definition) is 3. The highest BCUT2D eigenvalue weighted by molar-refractivity contribution is 5.72. The summed E-state index contributed by atoms with van der Waals surface area (Å²) < 4.78 is 0. The van der Waals surface area contributed by atoms with Crippen LogP contribution < -0.4 is 4.90 Å². The maximum Gasteiger partial charge on any atom is 0.308 e. The monoisotopic (exact) mass is 209 g/mol. The van der Waals surface area contributed by atoms with Crippen molar-refractivity contribution in [3.8, 4) is 0 Å². The first-order valence-electron chi connectivity index (χ1n) is 5.23. The number of imidazole rings is 1. The van der Waals surface area contributed by atoms with Crippen molar-refractivity contribution in [1.29, 1.82) is 0 Å². The molecule has 0 amide bonds. The summed E-state index contributed by atoms with van der Waals surface area (Å²) in [4.78, 5) is 20.3. The van der Waals surface area contributed by atoms with Gasteiger partial charge in [-0.1, -0.05) is 6.92 Å². The minimum absolute atomic E-state index is 0.0636. The number of aliphatic carboxylic acids is 1. The number of aromatic amines is 1. The Morgan fingerprint density at radius 1 is 1.80 bits per heavy atom. The van der Waals surface area contributed by atoms with Crippen molar-refractivity contribution in [3.63, 3.8) is 0 Å². The number of carbonyl (C=O) groups is 1. The lowest BCUT2D eigenvalue weighted by Crippen LogP contribution is -2.35. The molecule has 5 heteroatoms. The summed E-state index contributed by atoms with van der Waals surface area (Å²) in [5.74, 6) is -0.179.